The summed E-state index contributed by atoms with van der Waals surface area (Å²) in [4.78, 5) is 8.58. The molecule has 5 rings (SSSR count). The molecule has 9 N–H and O–H groups in total. The van der Waals surface area contributed by atoms with Crippen LogP contribution in [0.2, 0.25) is 5.28 Å². The van der Waals surface area contributed by atoms with Crippen LogP contribution in [0.5, 0.6) is 5.75 Å². The number of rotatable bonds is 10. The smallest absolute Gasteiger partial charge is 0.296 e. The summed E-state index contributed by atoms with van der Waals surface area (Å²) in [5.41, 5.74) is 3.92. The van der Waals surface area contributed by atoms with E-state index in [9.17, 15) is 57.0 Å². The van der Waals surface area contributed by atoms with E-state index in [1.807, 2.05) is 0 Å². The van der Waals surface area contributed by atoms with Crippen LogP contribution in [0, 0.1) is 0 Å². The van der Waals surface area contributed by atoms with Gasteiger partial charge in [-0.1, -0.05) is 6.07 Å². The number of anilines is 5. The van der Waals surface area contributed by atoms with Crippen molar-refractivity contribution >= 4 is 103 Å². The van der Waals surface area contributed by atoms with Gasteiger partial charge in [0.05, 0.1) is 15.5 Å². The lowest BCUT2D eigenvalue weighted by Crippen LogP contribution is -2.05. The fourth-order valence-corrected chi connectivity index (χ4v) is 6.89. The van der Waals surface area contributed by atoms with E-state index in [0.29, 0.717) is 12.1 Å². The Kier molecular flexibility index (Phi) is 9.62. The summed E-state index contributed by atoms with van der Waals surface area (Å²) in [5, 5.41) is 22.0. The fourth-order valence-electron chi connectivity index (χ4n) is 4.39. The number of phenols is 1. The van der Waals surface area contributed by atoms with Crippen molar-refractivity contribution in [3.8, 4) is 5.75 Å². The van der Waals surface area contributed by atoms with Crippen molar-refractivity contribution < 1.29 is 57.0 Å². The second-order valence-corrected chi connectivity index (χ2v) is 16.0. The molecule has 0 radical (unpaired) electrons. The van der Waals surface area contributed by atoms with Crippen molar-refractivity contribution in [3.63, 3.8) is 0 Å². The highest BCUT2D eigenvalue weighted by molar-refractivity contribution is 7.86. The summed E-state index contributed by atoms with van der Waals surface area (Å²) < 4.78 is 133. The van der Waals surface area contributed by atoms with Gasteiger partial charge in [-0.3, -0.25) is 18.2 Å². The van der Waals surface area contributed by atoms with Gasteiger partial charge in [0.1, 0.15) is 26.9 Å². The number of hydrogen-bond acceptors (Lipinski definition) is 17. The van der Waals surface area contributed by atoms with Crippen LogP contribution in [0.3, 0.4) is 0 Å². The standard InChI is InChI=1S/C25H19ClN8O13S4/c26-23-30-24(28-12-2-1-3-14(8-12)48(36,37)38)32-25(31-23)29-13-4-5-18(50(42,43)44)16(9-13)33-34-22-19(51(45,46)47)7-11-6-15(49(39,40)41)10-17(35)20(11)21(22)27/h1-10,35H,27H2,(H,36,37,38)(H,39,40,41)(H,42,43,44)(H,45,46,47)(H2,28,29,30,31,32). The van der Waals surface area contributed by atoms with E-state index in [1.165, 1.54) is 12.1 Å². The molecule has 0 fully saturated rings. The van der Waals surface area contributed by atoms with Crippen LogP contribution < -0.4 is 16.4 Å². The van der Waals surface area contributed by atoms with Crippen LogP contribution in [0.4, 0.5) is 40.3 Å². The van der Waals surface area contributed by atoms with Gasteiger partial charge in [0.2, 0.25) is 17.2 Å². The van der Waals surface area contributed by atoms with Gasteiger partial charge in [0.15, 0.2) is 0 Å². The Morgan fingerprint density at radius 3 is 1.80 bits per heavy atom. The topological polar surface area (TPSA) is 351 Å². The van der Waals surface area contributed by atoms with Crippen LogP contribution in [0.25, 0.3) is 10.8 Å². The van der Waals surface area contributed by atoms with E-state index in [1.54, 1.807) is 0 Å². The number of fused-ring (bicyclic) bond motifs is 1. The first-order valence-corrected chi connectivity index (χ1v) is 19.2. The van der Waals surface area contributed by atoms with Crippen LogP contribution in [-0.4, -0.2) is 71.9 Å². The van der Waals surface area contributed by atoms with Gasteiger partial charge in [-0.05, 0) is 65.5 Å². The van der Waals surface area contributed by atoms with Crippen LogP contribution in [-0.2, 0) is 40.5 Å². The van der Waals surface area contributed by atoms with Gasteiger partial charge >= 0.3 is 0 Å². The summed E-state index contributed by atoms with van der Waals surface area (Å²) in [6.45, 7) is 0. The van der Waals surface area contributed by atoms with Crippen LogP contribution in [0.15, 0.2) is 90.5 Å². The minimum absolute atomic E-state index is 0.0465. The first kappa shape index (κ1) is 37.1. The van der Waals surface area contributed by atoms with E-state index in [0.717, 1.165) is 36.4 Å². The quantitative estimate of drug-likeness (QED) is 0.0564. The molecule has 0 aliphatic carbocycles. The van der Waals surface area contributed by atoms with Gasteiger partial charge < -0.3 is 21.5 Å². The SMILES string of the molecule is Nc1c(N=Nc2cc(Nc3nc(Cl)nc(Nc4cccc(S(=O)(=O)O)c4)n3)ccc2S(=O)(=O)O)c(S(=O)(=O)O)cc2cc(S(=O)(=O)O)cc(O)c12. The Morgan fingerprint density at radius 1 is 0.647 bits per heavy atom. The molecular weight excluding hydrogens is 784 g/mol. The zero-order valence-corrected chi connectivity index (χ0v) is 28.6. The molecular formula is C25H19ClN8O13S4. The molecule has 26 heteroatoms. The maximum Gasteiger partial charge on any atom is 0.296 e. The summed E-state index contributed by atoms with van der Waals surface area (Å²) in [6.07, 6.45) is 0. The van der Waals surface area contributed by atoms with Crippen molar-refractivity contribution in [3.05, 3.63) is 65.9 Å². The number of nitrogens with zero attached hydrogens (tertiary/aromatic N) is 5. The number of nitrogen functional groups attached to an aromatic ring is 1. The van der Waals surface area contributed by atoms with E-state index in [4.69, 9.17) is 17.3 Å². The molecule has 0 bridgehead atoms. The van der Waals surface area contributed by atoms with Crippen LogP contribution >= 0.6 is 11.6 Å². The molecule has 4 aromatic carbocycles. The van der Waals surface area contributed by atoms with Crippen molar-refractivity contribution in [2.75, 3.05) is 16.4 Å². The molecule has 0 unspecified atom stereocenters. The zero-order valence-electron chi connectivity index (χ0n) is 24.6. The third-order valence-corrected chi connectivity index (χ3v) is 10.1. The van der Waals surface area contributed by atoms with E-state index < -0.39 is 88.3 Å². The molecule has 0 spiro atoms. The molecule has 0 atom stereocenters. The van der Waals surface area contributed by atoms with Crippen molar-refractivity contribution in [2.45, 2.75) is 19.6 Å². The lowest BCUT2D eigenvalue weighted by atomic mass is 10.1. The minimum Gasteiger partial charge on any atom is -0.507 e. The molecule has 0 amide bonds. The molecule has 0 saturated carbocycles. The van der Waals surface area contributed by atoms with Crippen LogP contribution in [0.1, 0.15) is 0 Å². The largest absolute Gasteiger partial charge is 0.507 e. The van der Waals surface area contributed by atoms with E-state index in [-0.39, 0.29) is 33.9 Å². The number of azo groups is 1. The normalized spacial score (nSPS) is 12.7. The number of aromatic nitrogens is 3. The Balaban J connectivity index is 1.57. The Labute approximate surface area is 291 Å². The molecule has 0 saturated heterocycles. The average Bonchev–Trinajstić information content (AvgIpc) is 2.98. The molecule has 1 heterocycles. The zero-order chi connectivity index (χ0) is 37.7. The lowest BCUT2D eigenvalue weighted by Gasteiger charge is -2.12. The highest BCUT2D eigenvalue weighted by atomic mass is 35.5. The minimum atomic E-state index is -5.23. The first-order valence-electron chi connectivity index (χ1n) is 13.1. The Hall–Kier alpha value is -5.12. The Morgan fingerprint density at radius 2 is 1.24 bits per heavy atom. The first-order chi connectivity index (χ1) is 23.5. The Bertz CT molecular complexity index is 2750. The third-order valence-electron chi connectivity index (χ3n) is 6.49. The second-order valence-electron chi connectivity index (χ2n) is 9.99. The highest BCUT2D eigenvalue weighted by Gasteiger charge is 2.25. The lowest BCUT2D eigenvalue weighted by molar-refractivity contribution is 0.471. The molecule has 51 heavy (non-hydrogen) atoms. The van der Waals surface area contributed by atoms with E-state index >= 15 is 0 Å². The van der Waals surface area contributed by atoms with Crippen molar-refractivity contribution in [1.29, 1.82) is 0 Å². The number of nitrogens with one attached hydrogen (secondary N) is 2. The number of nitrogens with two attached hydrogens (primary N) is 1. The average molecular weight is 803 g/mol. The number of phenolic OH excluding ortho intramolecular Hbond substituents is 1. The van der Waals surface area contributed by atoms with Crippen molar-refractivity contribution in [2.24, 2.45) is 10.2 Å². The molecule has 21 nitrogen and oxygen atoms in total. The number of aromatic hydroxyl groups is 1. The van der Waals surface area contributed by atoms with Crippen molar-refractivity contribution in [1.82, 2.24) is 15.0 Å². The molecule has 5 aromatic rings. The van der Waals surface area contributed by atoms with Gasteiger partial charge in [0.25, 0.3) is 40.5 Å². The predicted octanol–water partition coefficient (Wildman–Crippen LogP) is 3.86. The number of hydrogen-bond donors (Lipinski definition) is 8. The summed E-state index contributed by atoms with van der Waals surface area (Å²) in [6, 6.07) is 9.85. The summed E-state index contributed by atoms with van der Waals surface area (Å²) in [7, 11) is -19.7. The van der Waals surface area contributed by atoms with E-state index in [2.05, 4.69) is 35.8 Å². The summed E-state index contributed by atoms with van der Waals surface area (Å²) >= 11 is 6.00. The number of halogens is 1. The molecule has 0 aliphatic heterocycles. The van der Waals surface area contributed by atoms with Gasteiger partial charge in [-0.15, -0.1) is 10.2 Å². The number of benzene rings is 4. The van der Waals surface area contributed by atoms with Gasteiger partial charge in [-0.2, -0.15) is 48.6 Å². The van der Waals surface area contributed by atoms with Gasteiger partial charge in [0, 0.05) is 22.8 Å². The molecule has 0 aliphatic rings. The highest BCUT2D eigenvalue weighted by Crippen LogP contribution is 2.43. The molecule has 268 valence electrons. The van der Waals surface area contributed by atoms with Gasteiger partial charge in [-0.25, -0.2) is 0 Å². The third kappa shape index (κ3) is 8.44. The fraction of sp³-hybridized carbons (Fsp3) is 0. The maximum absolute atomic E-state index is 12.3. The maximum atomic E-state index is 12.3. The second kappa shape index (κ2) is 13.2. The predicted molar refractivity (Wildman–Crippen MR) is 178 cm³/mol. The molecule has 1 aromatic heterocycles. The monoisotopic (exact) mass is 802 g/mol. The summed E-state index contributed by atoms with van der Waals surface area (Å²) in [5.74, 6) is -1.37.